The number of benzene rings is 2. The molecular weight excluding hydrogens is 342 g/mol. The molecule has 0 aliphatic carbocycles. The van der Waals surface area contributed by atoms with Crippen molar-refractivity contribution in [3.63, 3.8) is 0 Å². The predicted octanol–water partition coefficient (Wildman–Crippen LogP) is 1.69. The van der Waals surface area contributed by atoms with E-state index in [-0.39, 0.29) is 17.1 Å². The Balaban J connectivity index is 1.85. The molecule has 1 aliphatic heterocycles. The summed E-state index contributed by atoms with van der Waals surface area (Å²) in [6.07, 6.45) is 0. The molecule has 0 bridgehead atoms. The number of nitrogens with one attached hydrogen (secondary N) is 3. The van der Waals surface area contributed by atoms with E-state index in [9.17, 15) is 18.0 Å². The van der Waals surface area contributed by atoms with Crippen molar-refractivity contribution >= 4 is 33.2 Å². The standard InChI is InChI=1S/C17H17N3O4S/c1-11-16(21)19-14-8-7-13(9-15(14)20-17(11)22)25(23,24)18-10-12-5-3-2-4-6-12/h2-9,11,18H,10H2,1H3,(H,19,21)(H,20,22). The van der Waals surface area contributed by atoms with Crippen LogP contribution < -0.4 is 15.4 Å². The van der Waals surface area contributed by atoms with E-state index in [1.165, 1.54) is 25.1 Å². The zero-order chi connectivity index (χ0) is 18.0. The van der Waals surface area contributed by atoms with Crippen LogP contribution in [0.3, 0.4) is 0 Å². The number of carbonyl (C=O) groups excluding carboxylic acids is 2. The topological polar surface area (TPSA) is 104 Å². The highest BCUT2D eigenvalue weighted by atomic mass is 32.2. The minimum absolute atomic E-state index is 0.00582. The van der Waals surface area contributed by atoms with Gasteiger partial charge in [0.2, 0.25) is 21.8 Å². The Bertz CT molecular complexity index is 926. The fraction of sp³-hybridized carbons (Fsp3) is 0.176. The smallest absolute Gasteiger partial charge is 0.240 e. The zero-order valence-electron chi connectivity index (χ0n) is 13.4. The second-order valence-electron chi connectivity index (χ2n) is 5.72. The van der Waals surface area contributed by atoms with Gasteiger partial charge < -0.3 is 10.6 Å². The van der Waals surface area contributed by atoms with Crippen LogP contribution in [0.15, 0.2) is 53.4 Å². The van der Waals surface area contributed by atoms with Gasteiger partial charge in [-0.2, -0.15) is 0 Å². The molecule has 2 amide bonds. The van der Waals surface area contributed by atoms with E-state index < -0.39 is 27.8 Å². The lowest BCUT2D eigenvalue weighted by Crippen LogP contribution is -2.28. The normalized spacial score (nSPS) is 17.2. The van der Waals surface area contributed by atoms with E-state index in [1.807, 2.05) is 30.3 Å². The molecule has 3 rings (SSSR count). The number of fused-ring (bicyclic) bond motifs is 1. The predicted molar refractivity (Wildman–Crippen MR) is 93.3 cm³/mol. The highest BCUT2D eigenvalue weighted by molar-refractivity contribution is 7.89. The number of carbonyl (C=O) groups is 2. The van der Waals surface area contributed by atoms with Gasteiger partial charge in [0.05, 0.1) is 16.3 Å². The molecule has 0 spiro atoms. The fourth-order valence-corrected chi connectivity index (χ4v) is 3.41. The second-order valence-corrected chi connectivity index (χ2v) is 7.48. The van der Waals surface area contributed by atoms with Crippen LogP contribution in [-0.2, 0) is 26.2 Å². The molecule has 7 nitrogen and oxygen atoms in total. The van der Waals surface area contributed by atoms with Crippen molar-refractivity contribution in [2.24, 2.45) is 5.92 Å². The summed E-state index contributed by atoms with van der Waals surface area (Å²) in [7, 11) is -3.76. The maximum Gasteiger partial charge on any atom is 0.240 e. The van der Waals surface area contributed by atoms with E-state index in [0.717, 1.165) is 5.56 Å². The van der Waals surface area contributed by atoms with E-state index in [0.29, 0.717) is 5.69 Å². The summed E-state index contributed by atoms with van der Waals surface area (Å²) in [6.45, 7) is 1.63. The summed E-state index contributed by atoms with van der Waals surface area (Å²) >= 11 is 0. The second kappa shape index (κ2) is 6.66. The van der Waals surface area contributed by atoms with Gasteiger partial charge in [0.15, 0.2) is 0 Å². The number of hydrogen-bond donors (Lipinski definition) is 3. The lowest BCUT2D eigenvalue weighted by Gasteiger charge is -2.11. The van der Waals surface area contributed by atoms with E-state index >= 15 is 0 Å². The SMILES string of the molecule is CC1C(=O)Nc2ccc(S(=O)(=O)NCc3ccccc3)cc2NC1=O. The molecule has 1 heterocycles. The summed E-state index contributed by atoms with van der Waals surface area (Å²) < 4.78 is 27.5. The van der Waals surface area contributed by atoms with Crippen LogP contribution in [0, 0.1) is 5.92 Å². The van der Waals surface area contributed by atoms with Gasteiger partial charge in [-0.25, -0.2) is 13.1 Å². The largest absolute Gasteiger partial charge is 0.324 e. The molecule has 3 N–H and O–H groups in total. The number of hydrogen-bond acceptors (Lipinski definition) is 4. The Hall–Kier alpha value is -2.71. The minimum atomic E-state index is -3.76. The van der Waals surface area contributed by atoms with Gasteiger partial charge >= 0.3 is 0 Å². The summed E-state index contributed by atoms with van der Waals surface area (Å²) in [6, 6.07) is 13.3. The van der Waals surface area contributed by atoms with Gasteiger partial charge in [0.1, 0.15) is 5.92 Å². The van der Waals surface area contributed by atoms with Crippen molar-refractivity contribution in [3.8, 4) is 0 Å². The van der Waals surface area contributed by atoms with E-state index in [2.05, 4.69) is 15.4 Å². The van der Waals surface area contributed by atoms with E-state index in [4.69, 9.17) is 0 Å². The summed E-state index contributed by atoms with van der Waals surface area (Å²) in [4.78, 5) is 23.8. The van der Waals surface area contributed by atoms with Gasteiger partial charge in [-0.3, -0.25) is 9.59 Å². The summed E-state index contributed by atoms with van der Waals surface area (Å²) in [5, 5.41) is 5.18. The molecule has 25 heavy (non-hydrogen) atoms. The van der Waals surface area contributed by atoms with Crippen LogP contribution in [0.5, 0.6) is 0 Å². The first-order valence-electron chi connectivity index (χ1n) is 7.66. The van der Waals surface area contributed by atoms with Crippen LogP contribution in [0.4, 0.5) is 11.4 Å². The van der Waals surface area contributed by atoms with Crippen molar-refractivity contribution < 1.29 is 18.0 Å². The van der Waals surface area contributed by atoms with Crippen LogP contribution >= 0.6 is 0 Å². The van der Waals surface area contributed by atoms with Crippen molar-refractivity contribution in [2.45, 2.75) is 18.4 Å². The first-order valence-corrected chi connectivity index (χ1v) is 9.14. The Morgan fingerprint density at radius 3 is 2.28 bits per heavy atom. The van der Waals surface area contributed by atoms with Crippen LogP contribution in [0.25, 0.3) is 0 Å². The molecule has 0 radical (unpaired) electrons. The molecule has 1 unspecified atom stereocenters. The molecular formula is C17H17N3O4S. The monoisotopic (exact) mass is 359 g/mol. The molecule has 1 aliphatic rings. The molecule has 8 heteroatoms. The molecule has 0 saturated heterocycles. The van der Waals surface area contributed by atoms with Crippen LogP contribution in [-0.4, -0.2) is 20.2 Å². The molecule has 130 valence electrons. The van der Waals surface area contributed by atoms with Crippen molar-refractivity contribution in [1.29, 1.82) is 0 Å². The maximum absolute atomic E-state index is 12.5. The Morgan fingerprint density at radius 1 is 0.960 bits per heavy atom. The van der Waals surface area contributed by atoms with Crippen molar-refractivity contribution in [2.75, 3.05) is 10.6 Å². The molecule has 2 aromatic rings. The third-order valence-electron chi connectivity index (χ3n) is 3.91. The molecule has 0 saturated carbocycles. The number of rotatable bonds is 4. The maximum atomic E-state index is 12.5. The first kappa shape index (κ1) is 17.1. The van der Waals surface area contributed by atoms with Crippen molar-refractivity contribution in [1.82, 2.24) is 4.72 Å². The van der Waals surface area contributed by atoms with Gasteiger partial charge in [0, 0.05) is 6.54 Å². The van der Waals surface area contributed by atoms with E-state index in [1.54, 1.807) is 0 Å². The van der Waals surface area contributed by atoms with Crippen LogP contribution in [0.2, 0.25) is 0 Å². The highest BCUT2D eigenvalue weighted by Crippen LogP contribution is 2.28. The number of sulfonamides is 1. The Morgan fingerprint density at radius 2 is 1.60 bits per heavy atom. The van der Waals surface area contributed by atoms with Gasteiger partial charge in [-0.05, 0) is 30.7 Å². The van der Waals surface area contributed by atoms with Gasteiger partial charge in [-0.1, -0.05) is 30.3 Å². The highest BCUT2D eigenvalue weighted by Gasteiger charge is 2.27. The minimum Gasteiger partial charge on any atom is -0.324 e. The molecule has 1 atom stereocenters. The summed E-state index contributed by atoms with van der Waals surface area (Å²) in [5.41, 5.74) is 1.45. The molecule has 2 aromatic carbocycles. The Labute approximate surface area is 145 Å². The third-order valence-corrected chi connectivity index (χ3v) is 5.31. The lowest BCUT2D eigenvalue weighted by atomic mass is 10.1. The van der Waals surface area contributed by atoms with Gasteiger partial charge in [0.25, 0.3) is 0 Å². The van der Waals surface area contributed by atoms with Crippen molar-refractivity contribution in [3.05, 3.63) is 54.1 Å². The zero-order valence-corrected chi connectivity index (χ0v) is 14.3. The number of amides is 2. The molecule has 0 aromatic heterocycles. The Kier molecular flexibility index (Phi) is 4.56. The first-order chi connectivity index (χ1) is 11.9. The van der Waals surface area contributed by atoms with Gasteiger partial charge in [-0.15, -0.1) is 0 Å². The average Bonchev–Trinajstić information content (AvgIpc) is 2.71. The van der Waals surface area contributed by atoms with Crippen LogP contribution in [0.1, 0.15) is 12.5 Å². The average molecular weight is 359 g/mol. The lowest BCUT2D eigenvalue weighted by molar-refractivity contribution is -0.128. The quantitative estimate of drug-likeness (QED) is 0.723. The number of anilines is 2. The summed E-state index contributed by atoms with van der Waals surface area (Å²) in [5.74, 6) is -1.78. The molecule has 0 fully saturated rings. The third kappa shape index (κ3) is 3.70. The fourth-order valence-electron chi connectivity index (χ4n) is 2.36.